The van der Waals surface area contributed by atoms with Gasteiger partial charge < -0.3 is 32.8 Å². The van der Waals surface area contributed by atoms with Gasteiger partial charge in [-0.1, -0.05) is 0 Å². The molecule has 0 N–H and O–H groups in total. The van der Waals surface area contributed by atoms with Gasteiger partial charge in [-0.15, -0.1) is 0 Å². The summed E-state index contributed by atoms with van der Waals surface area (Å²) in [5.74, 6) is 2.44. The average Bonchev–Trinajstić information content (AvgIpc) is 2.76. The van der Waals surface area contributed by atoms with Crippen LogP contribution < -0.4 is 33.8 Å². The van der Waals surface area contributed by atoms with Crippen LogP contribution in [0.25, 0.3) is 22.3 Å². The van der Waals surface area contributed by atoms with Gasteiger partial charge in [0, 0.05) is 6.07 Å². The van der Waals surface area contributed by atoms with E-state index in [1.807, 2.05) is 0 Å². The van der Waals surface area contributed by atoms with Crippen LogP contribution in [-0.2, 0) is 0 Å². The summed E-state index contributed by atoms with van der Waals surface area (Å²) < 4.78 is 38.5. The van der Waals surface area contributed by atoms with Crippen molar-refractivity contribution in [2.75, 3.05) is 42.7 Å². The highest BCUT2D eigenvalue weighted by molar-refractivity contribution is 5.89. The van der Waals surface area contributed by atoms with Gasteiger partial charge in [0.25, 0.3) is 0 Å². The lowest BCUT2D eigenvalue weighted by Gasteiger charge is -2.17. The number of hydrogen-bond donors (Lipinski definition) is 0. The third-order valence-corrected chi connectivity index (χ3v) is 4.49. The van der Waals surface area contributed by atoms with Gasteiger partial charge in [-0.2, -0.15) is 0 Å². The molecule has 3 aromatic rings. The molecule has 0 radical (unpaired) electrons. The number of methoxy groups -OCH3 is 6. The van der Waals surface area contributed by atoms with Crippen LogP contribution in [0.1, 0.15) is 0 Å². The lowest BCUT2D eigenvalue weighted by Crippen LogP contribution is -2.05. The molecule has 3 rings (SSSR count). The van der Waals surface area contributed by atoms with Crippen LogP contribution in [-0.4, -0.2) is 42.7 Å². The Morgan fingerprint density at radius 3 is 1.79 bits per heavy atom. The van der Waals surface area contributed by atoms with Gasteiger partial charge >= 0.3 is 0 Å². The average molecular weight is 402 g/mol. The molecular weight excluding hydrogens is 380 g/mol. The first-order chi connectivity index (χ1) is 14.0. The Morgan fingerprint density at radius 2 is 1.24 bits per heavy atom. The highest BCUT2D eigenvalue weighted by Crippen LogP contribution is 2.47. The van der Waals surface area contributed by atoms with Crippen molar-refractivity contribution >= 4 is 11.0 Å². The molecule has 0 saturated carbocycles. The first-order valence-electron chi connectivity index (χ1n) is 8.60. The third-order valence-electron chi connectivity index (χ3n) is 4.49. The van der Waals surface area contributed by atoms with E-state index >= 15 is 0 Å². The Kier molecular flexibility index (Phi) is 5.72. The van der Waals surface area contributed by atoms with Crippen molar-refractivity contribution in [3.05, 3.63) is 34.5 Å². The fourth-order valence-electron chi connectivity index (χ4n) is 3.18. The quantitative estimate of drug-likeness (QED) is 0.594. The van der Waals surface area contributed by atoms with Gasteiger partial charge in [0.05, 0.1) is 53.6 Å². The summed E-state index contributed by atoms with van der Waals surface area (Å²) in [6.45, 7) is 0. The topological polar surface area (TPSA) is 85.6 Å². The van der Waals surface area contributed by atoms with E-state index in [0.29, 0.717) is 39.7 Å². The Bertz CT molecular complexity index is 1100. The smallest absolute Gasteiger partial charge is 0.208 e. The van der Waals surface area contributed by atoms with Gasteiger partial charge in [-0.05, 0) is 18.2 Å². The van der Waals surface area contributed by atoms with Crippen LogP contribution >= 0.6 is 0 Å². The lowest BCUT2D eigenvalue weighted by molar-refractivity contribution is 0.323. The largest absolute Gasteiger partial charge is 0.493 e. The predicted octanol–water partition coefficient (Wildman–Crippen LogP) is 3.51. The van der Waals surface area contributed by atoms with Gasteiger partial charge in [-0.3, -0.25) is 4.79 Å². The molecule has 0 unspecified atom stereocenters. The summed E-state index contributed by atoms with van der Waals surface area (Å²) in [6.07, 6.45) is 0. The fraction of sp³-hybridized carbons (Fsp3) is 0.286. The summed E-state index contributed by atoms with van der Waals surface area (Å²) in [6, 6.07) is 6.35. The third kappa shape index (κ3) is 3.26. The van der Waals surface area contributed by atoms with Gasteiger partial charge in [0.2, 0.25) is 17.2 Å². The second kappa shape index (κ2) is 8.22. The van der Waals surface area contributed by atoms with E-state index in [0.717, 1.165) is 0 Å². The minimum atomic E-state index is -0.280. The molecule has 2 aromatic carbocycles. The number of fused-ring (bicyclic) bond motifs is 1. The number of benzene rings is 2. The molecular formula is C21H22O8. The Balaban J connectivity index is 2.37. The summed E-state index contributed by atoms with van der Waals surface area (Å²) in [5.41, 5.74) is 0.461. The highest BCUT2D eigenvalue weighted by Gasteiger charge is 2.23. The highest BCUT2D eigenvalue weighted by atomic mass is 16.5. The first-order valence-corrected chi connectivity index (χ1v) is 8.60. The van der Waals surface area contributed by atoms with Crippen LogP contribution in [0.3, 0.4) is 0 Å². The zero-order valence-corrected chi connectivity index (χ0v) is 17.1. The molecule has 0 bridgehead atoms. The van der Waals surface area contributed by atoms with Crippen molar-refractivity contribution in [2.24, 2.45) is 0 Å². The second-order valence-corrected chi connectivity index (χ2v) is 5.88. The van der Waals surface area contributed by atoms with Gasteiger partial charge in [0.1, 0.15) is 5.76 Å². The van der Waals surface area contributed by atoms with Crippen LogP contribution in [0.15, 0.2) is 33.5 Å². The number of ether oxygens (including phenoxy) is 6. The van der Waals surface area contributed by atoms with Crippen molar-refractivity contribution in [2.45, 2.75) is 0 Å². The zero-order chi connectivity index (χ0) is 21.1. The Hall–Kier alpha value is -3.55. The molecule has 0 saturated heterocycles. The summed E-state index contributed by atoms with van der Waals surface area (Å²) in [5, 5.41) is 0.294. The standard InChI is InChI=1S/C21H22O8/c1-23-14-8-7-11(17(25-3)19(14)26-4)15-10-13(22)12-9-16(24-2)20(27-5)21(28-6)18(12)29-15/h7-10H,1-6H3. The summed E-state index contributed by atoms with van der Waals surface area (Å²) in [7, 11) is 8.94. The van der Waals surface area contributed by atoms with Crippen molar-refractivity contribution in [1.82, 2.24) is 0 Å². The molecule has 154 valence electrons. The van der Waals surface area contributed by atoms with Crippen molar-refractivity contribution in [3.8, 4) is 45.8 Å². The molecule has 0 aliphatic heterocycles. The monoisotopic (exact) mass is 402 g/mol. The fourth-order valence-corrected chi connectivity index (χ4v) is 3.18. The Morgan fingerprint density at radius 1 is 0.655 bits per heavy atom. The minimum Gasteiger partial charge on any atom is -0.493 e. The summed E-state index contributed by atoms with van der Waals surface area (Å²) in [4.78, 5) is 12.9. The first kappa shape index (κ1) is 20.2. The molecule has 0 amide bonds. The molecule has 1 heterocycles. The maximum absolute atomic E-state index is 12.9. The van der Waals surface area contributed by atoms with E-state index in [2.05, 4.69) is 0 Å². The van der Waals surface area contributed by atoms with Crippen LogP contribution in [0.5, 0.6) is 34.5 Å². The molecule has 29 heavy (non-hydrogen) atoms. The molecule has 0 aliphatic carbocycles. The van der Waals surface area contributed by atoms with E-state index in [1.54, 1.807) is 18.2 Å². The van der Waals surface area contributed by atoms with Crippen LogP contribution in [0.2, 0.25) is 0 Å². The molecule has 1 aromatic heterocycles. The van der Waals surface area contributed by atoms with E-state index in [9.17, 15) is 4.79 Å². The second-order valence-electron chi connectivity index (χ2n) is 5.88. The molecule has 0 aliphatic rings. The van der Waals surface area contributed by atoms with E-state index < -0.39 is 0 Å². The van der Waals surface area contributed by atoms with Crippen molar-refractivity contribution in [1.29, 1.82) is 0 Å². The Labute approximate surface area is 167 Å². The van der Waals surface area contributed by atoms with Gasteiger partial charge in [0.15, 0.2) is 28.3 Å². The molecule has 0 spiro atoms. The van der Waals surface area contributed by atoms with Crippen molar-refractivity contribution < 1.29 is 32.8 Å². The lowest BCUT2D eigenvalue weighted by atomic mass is 10.1. The van der Waals surface area contributed by atoms with Gasteiger partial charge in [-0.25, -0.2) is 0 Å². The number of rotatable bonds is 7. The predicted molar refractivity (Wildman–Crippen MR) is 107 cm³/mol. The van der Waals surface area contributed by atoms with E-state index in [1.165, 1.54) is 48.7 Å². The summed E-state index contributed by atoms with van der Waals surface area (Å²) >= 11 is 0. The molecule has 8 nitrogen and oxygen atoms in total. The van der Waals surface area contributed by atoms with Crippen LogP contribution in [0, 0.1) is 0 Å². The SMILES string of the molecule is COc1ccc(-c2cc(=O)c3cc(OC)c(OC)c(OC)c3o2)c(OC)c1OC. The minimum absolute atomic E-state index is 0.226. The molecule has 0 fully saturated rings. The van der Waals surface area contributed by atoms with Crippen molar-refractivity contribution in [3.63, 3.8) is 0 Å². The normalized spacial score (nSPS) is 10.6. The van der Waals surface area contributed by atoms with Crippen LogP contribution in [0.4, 0.5) is 0 Å². The van der Waals surface area contributed by atoms with E-state index in [-0.39, 0.29) is 22.5 Å². The molecule has 0 atom stereocenters. The maximum atomic E-state index is 12.9. The number of hydrogen-bond acceptors (Lipinski definition) is 8. The maximum Gasteiger partial charge on any atom is 0.208 e. The zero-order valence-electron chi connectivity index (χ0n) is 17.1. The van der Waals surface area contributed by atoms with E-state index in [4.69, 9.17) is 32.8 Å². The molecule has 8 heteroatoms.